The third kappa shape index (κ3) is 2.62. The number of halogens is 1. The third-order valence-corrected chi connectivity index (χ3v) is 4.07. The second-order valence-corrected chi connectivity index (χ2v) is 5.47. The van der Waals surface area contributed by atoms with Crippen molar-refractivity contribution in [2.75, 3.05) is 19.7 Å². The maximum atomic E-state index is 12.3. The Kier molecular flexibility index (Phi) is 3.84. The van der Waals surface area contributed by atoms with Gasteiger partial charge in [0, 0.05) is 17.2 Å². The van der Waals surface area contributed by atoms with E-state index in [2.05, 4.69) is 26.1 Å². The summed E-state index contributed by atoms with van der Waals surface area (Å²) in [5, 5.41) is 6.48. The molecule has 0 spiro atoms. The number of benzene rings is 1. The second kappa shape index (κ2) is 5.76. The quantitative estimate of drug-likeness (QED) is 0.916. The fraction of sp³-hybridized carbons (Fsp3) is 0.286. The van der Waals surface area contributed by atoms with E-state index in [1.54, 1.807) is 17.3 Å². The summed E-state index contributed by atoms with van der Waals surface area (Å²) in [5.74, 6) is -0.0147. The van der Waals surface area contributed by atoms with Crippen LogP contribution in [-0.2, 0) is 4.74 Å². The van der Waals surface area contributed by atoms with Crippen molar-refractivity contribution in [2.24, 2.45) is 0 Å². The number of aromatic nitrogens is 2. The van der Waals surface area contributed by atoms with E-state index in [1.165, 1.54) is 0 Å². The summed E-state index contributed by atoms with van der Waals surface area (Å²) in [5.41, 5.74) is 1.65. The topological polar surface area (TPSA) is 58.2 Å². The summed E-state index contributed by atoms with van der Waals surface area (Å²) in [4.78, 5) is 14.1. The lowest BCUT2D eigenvalue weighted by atomic mass is 10.1. The highest BCUT2D eigenvalue weighted by Gasteiger charge is 2.27. The molecule has 1 aromatic heterocycles. The molecule has 1 N–H and O–H groups in total. The molecule has 5 nitrogen and oxygen atoms in total. The largest absolute Gasteiger partial charge is 0.370 e. The number of aromatic amines is 1. The number of carbonyl (C=O) groups is 1. The molecule has 0 bridgehead atoms. The fourth-order valence-electron chi connectivity index (χ4n) is 2.31. The Bertz CT molecular complexity index is 600. The van der Waals surface area contributed by atoms with Crippen LogP contribution in [0.15, 0.2) is 41.1 Å². The van der Waals surface area contributed by atoms with Crippen LogP contribution < -0.4 is 0 Å². The Morgan fingerprint density at radius 3 is 3.05 bits per heavy atom. The van der Waals surface area contributed by atoms with Crippen LogP contribution in [0.25, 0.3) is 0 Å². The lowest BCUT2D eigenvalue weighted by molar-refractivity contribution is -0.0231. The van der Waals surface area contributed by atoms with E-state index in [4.69, 9.17) is 4.74 Å². The molecule has 0 radical (unpaired) electrons. The highest BCUT2D eigenvalue weighted by atomic mass is 79.9. The molecular weight excluding hydrogens is 322 g/mol. The smallest absolute Gasteiger partial charge is 0.257 e. The molecule has 1 atom stereocenters. The zero-order valence-corrected chi connectivity index (χ0v) is 12.3. The fourth-order valence-corrected chi connectivity index (χ4v) is 2.85. The predicted molar refractivity (Wildman–Crippen MR) is 77.3 cm³/mol. The molecule has 1 aliphatic rings. The van der Waals surface area contributed by atoms with Crippen molar-refractivity contribution in [3.63, 3.8) is 0 Å². The number of nitrogens with one attached hydrogen (secondary N) is 1. The number of amides is 1. The first-order valence-electron chi connectivity index (χ1n) is 6.40. The van der Waals surface area contributed by atoms with E-state index in [0.29, 0.717) is 25.3 Å². The molecular formula is C14H14BrN3O2. The lowest BCUT2D eigenvalue weighted by Crippen LogP contribution is -2.42. The number of rotatable bonds is 2. The molecule has 2 heterocycles. The molecule has 1 amide bonds. The Morgan fingerprint density at radius 2 is 2.30 bits per heavy atom. The van der Waals surface area contributed by atoms with Gasteiger partial charge in [-0.3, -0.25) is 9.89 Å². The van der Waals surface area contributed by atoms with E-state index in [-0.39, 0.29) is 12.0 Å². The average Bonchev–Trinajstić information content (AvgIpc) is 3.01. The van der Waals surface area contributed by atoms with Crippen molar-refractivity contribution in [3.05, 3.63) is 52.3 Å². The number of H-pyrrole nitrogens is 1. The van der Waals surface area contributed by atoms with Gasteiger partial charge in [0.1, 0.15) is 6.10 Å². The first-order chi connectivity index (χ1) is 9.75. The standard InChI is InChI=1S/C14H14BrN3O2/c15-12-4-2-1-3-11(12)13-9-18(5-6-20-13)14(19)10-7-16-17-8-10/h1-4,7-8,13H,5-6,9H2,(H,16,17)/t13-/m1/s1. The first-order valence-corrected chi connectivity index (χ1v) is 7.19. The Morgan fingerprint density at radius 1 is 1.45 bits per heavy atom. The van der Waals surface area contributed by atoms with Crippen LogP contribution >= 0.6 is 15.9 Å². The number of hydrogen-bond donors (Lipinski definition) is 1. The average molecular weight is 336 g/mol. The maximum Gasteiger partial charge on any atom is 0.257 e. The molecule has 1 fully saturated rings. The van der Waals surface area contributed by atoms with Gasteiger partial charge in [0.25, 0.3) is 5.91 Å². The highest BCUT2D eigenvalue weighted by molar-refractivity contribution is 9.10. The third-order valence-electron chi connectivity index (χ3n) is 3.35. The van der Waals surface area contributed by atoms with Gasteiger partial charge in [0.05, 0.1) is 24.9 Å². The van der Waals surface area contributed by atoms with Crippen LogP contribution in [0.2, 0.25) is 0 Å². The van der Waals surface area contributed by atoms with Crippen LogP contribution in [0.1, 0.15) is 22.0 Å². The van der Waals surface area contributed by atoms with Gasteiger partial charge in [-0.1, -0.05) is 34.1 Å². The van der Waals surface area contributed by atoms with Crippen molar-refractivity contribution >= 4 is 21.8 Å². The van der Waals surface area contributed by atoms with E-state index in [0.717, 1.165) is 10.0 Å². The van der Waals surface area contributed by atoms with Crippen molar-refractivity contribution in [2.45, 2.75) is 6.10 Å². The number of hydrogen-bond acceptors (Lipinski definition) is 3. The van der Waals surface area contributed by atoms with Crippen molar-refractivity contribution in [1.29, 1.82) is 0 Å². The van der Waals surface area contributed by atoms with Crippen LogP contribution in [0.3, 0.4) is 0 Å². The Hall–Kier alpha value is -1.66. The highest BCUT2D eigenvalue weighted by Crippen LogP contribution is 2.29. The van der Waals surface area contributed by atoms with Gasteiger partial charge in [-0.05, 0) is 11.6 Å². The molecule has 20 heavy (non-hydrogen) atoms. The summed E-state index contributed by atoms with van der Waals surface area (Å²) in [6, 6.07) is 7.93. The van der Waals surface area contributed by atoms with Gasteiger partial charge in [-0.2, -0.15) is 5.10 Å². The van der Waals surface area contributed by atoms with Crippen LogP contribution in [0, 0.1) is 0 Å². The number of morpholine rings is 1. The number of ether oxygens (including phenoxy) is 1. The summed E-state index contributed by atoms with van der Waals surface area (Å²) in [6.45, 7) is 1.69. The minimum atomic E-state index is -0.102. The Labute approximate surface area is 125 Å². The molecule has 0 unspecified atom stereocenters. The first kappa shape index (κ1) is 13.3. The number of carbonyl (C=O) groups excluding carboxylic acids is 1. The summed E-state index contributed by atoms with van der Waals surface area (Å²) < 4.78 is 6.80. The molecule has 1 aromatic carbocycles. The molecule has 0 saturated carbocycles. The second-order valence-electron chi connectivity index (χ2n) is 4.62. The van der Waals surface area contributed by atoms with Gasteiger partial charge in [-0.25, -0.2) is 0 Å². The molecule has 6 heteroatoms. The van der Waals surface area contributed by atoms with Crippen LogP contribution in [0.5, 0.6) is 0 Å². The van der Waals surface area contributed by atoms with Crippen LogP contribution in [-0.4, -0.2) is 40.7 Å². The molecule has 2 aromatic rings. The van der Waals surface area contributed by atoms with Gasteiger partial charge in [0.15, 0.2) is 0 Å². The van der Waals surface area contributed by atoms with E-state index in [9.17, 15) is 4.79 Å². The summed E-state index contributed by atoms with van der Waals surface area (Å²) in [6.07, 6.45) is 3.06. The lowest BCUT2D eigenvalue weighted by Gasteiger charge is -2.33. The van der Waals surface area contributed by atoms with Crippen molar-refractivity contribution < 1.29 is 9.53 Å². The van der Waals surface area contributed by atoms with Crippen molar-refractivity contribution in [3.8, 4) is 0 Å². The summed E-state index contributed by atoms with van der Waals surface area (Å²) in [7, 11) is 0. The molecule has 3 rings (SSSR count). The van der Waals surface area contributed by atoms with Crippen molar-refractivity contribution in [1.82, 2.24) is 15.1 Å². The summed E-state index contributed by atoms with van der Waals surface area (Å²) >= 11 is 3.53. The molecule has 0 aliphatic carbocycles. The zero-order chi connectivity index (χ0) is 13.9. The SMILES string of the molecule is O=C(c1cn[nH]c1)N1CCO[C@@H](c2ccccc2Br)C1. The zero-order valence-electron chi connectivity index (χ0n) is 10.8. The minimum Gasteiger partial charge on any atom is -0.370 e. The van der Waals surface area contributed by atoms with Gasteiger partial charge in [-0.15, -0.1) is 0 Å². The monoisotopic (exact) mass is 335 g/mol. The molecule has 104 valence electrons. The van der Waals surface area contributed by atoms with E-state index < -0.39 is 0 Å². The molecule has 1 aliphatic heterocycles. The Balaban J connectivity index is 1.77. The molecule has 1 saturated heterocycles. The minimum absolute atomic E-state index is 0.0147. The van der Waals surface area contributed by atoms with Gasteiger partial charge in [0.2, 0.25) is 0 Å². The van der Waals surface area contributed by atoms with Gasteiger partial charge < -0.3 is 9.64 Å². The number of nitrogens with zero attached hydrogens (tertiary/aromatic N) is 2. The predicted octanol–water partition coefficient (Wildman–Crippen LogP) is 2.39. The van der Waals surface area contributed by atoms with Crippen LogP contribution in [0.4, 0.5) is 0 Å². The maximum absolute atomic E-state index is 12.3. The van der Waals surface area contributed by atoms with E-state index >= 15 is 0 Å². The normalized spacial score (nSPS) is 19.1. The van der Waals surface area contributed by atoms with Gasteiger partial charge >= 0.3 is 0 Å². The van der Waals surface area contributed by atoms with E-state index in [1.807, 2.05) is 24.3 Å².